The maximum atomic E-state index is 13.5. The van der Waals surface area contributed by atoms with Crippen molar-refractivity contribution >= 4 is 22.9 Å². The molecule has 3 aromatic rings. The number of nitrogens with one attached hydrogen (secondary N) is 1. The quantitative estimate of drug-likeness (QED) is 0.608. The number of imidazole rings is 1. The molecule has 0 spiro atoms. The number of aryl methyl sites for hydroxylation is 2. The lowest BCUT2D eigenvalue weighted by atomic mass is 10.0. The smallest absolute Gasteiger partial charge is 0.245 e. The minimum absolute atomic E-state index is 0.0100. The molecule has 1 N–H and O–H groups in total. The number of ether oxygens (including phenoxy) is 1. The topological polar surface area (TPSA) is 111 Å². The third-order valence-corrected chi connectivity index (χ3v) is 5.84. The zero-order valence-electron chi connectivity index (χ0n) is 20.1. The van der Waals surface area contributed by atoms with E-state index < -0.39 is 6.04 Å². The maximum absolute atomic E-state index is 13.5. The molecule has 0 bridgehead atoms. The molecule has 3 atom stereocenters. The Labute approximate surface area is 193 Å². The average molecular weight is 453 g/mol. The Kier molecular flexibility index (Phi) is 6.55. The van der Waals surface area contributed by atoms with Gasteiger partial charge in [-0.05, 0) is 33.6 Å². The van der Waals surface area contributed by atoms with Gasteiger partial charge >= 0.3 is 0 Å². The van der Waals surface area contributed by atoms with E-state index >= 15 is 0 Å². The Morgan fingerprint density at radius 2 is 1.82 bits per heavy atom. The molecule has 1 amide bonds. The second-order valence-corrected chi connectivity index (χ2v) is 8.96. The lowest BCUT2D eigenvalue weighted by Crippen LogP contribution is -2.54. The molecular formula is C23H32N8O2. The Hall–Kier alpha value is -3.14. The van der Waals surface area contributed by atoms with Gasteiger partial charge in [0.1, 0.15) is 24.0 Å². The first-order chi connectivity index (χ1) is 15.8. The van der Waals surface area contributed by atoms with E-state index in [0.29, 0.717) is 42.4 Å². The largest absolute Gasteiger partial charge is 0.372 e. The van der Waals surface area contributed by atoms with E-state index in [-0.39, 0.29) is 24.0 Å². The first kappa shape index (κ1) is 23.0. The van der Waals surface area contributed by atoms with Crippen molar-refractivity contribution in [2.75, 3.05) is 18.4 Å². The van der Waals surface area contributed by atoms with Gasteiger partial charge < -0.3 is 19.5 Å². The van der Waals surface area contributed by atoms with Crippen molar-refractivity contribution < 1.29 is 9.53 Å². The number of carbonyl (C=O) groups is 1. The fraction of sp³-hybridized carbons (Fsp3) is 0.565. The summed E-state index contributed by atoms with van der Waals surface area (Å²) in [6.45, 7) is 13.8. The number of anilines is 1. The van der Waals surface area contributed by atoms with Crippen LogP contribution in [0.25, 0.3) is 22.6 Å². The molecule has 0 radical (unpaired) electrons. The molecule has 0 unspecified atom stereocenters. The van der Waals surface area contributed by atoms with E-state index in [4.69, 9.17) is 9.72 Å². The Morgan fingerprint density at radius 3 is 2.42 bits per heavy atom. The Balaban J connectivity index is 1.69. The van der Waals surface area contributed by atoms with Crippen molar-refractivity contribution in [3.05, 3.63) is 24.5 Å². The SMILES string of the molecule is CCn1c(-c2cnc(C)nc2)nc2c(N[C@@H](C(=O)N3C[C@@H](C)O[C@@H](C)C3)C(C)C)ncnc21. The highest BCUT2D eigenvalue weighted by Crippen LogP contribution is 2.27. The van der Waals surface area contributed by atoms with Gasteiger partial charge in [0.15, 0.2) is 17.0 Å². The predicted octanol–water partition coefficient (Wildman–Crippen LogP) is 2.68. The van der Waals surface area contributed by atoms with Gasteiger partial charge in [0.05, 0.1) is 17.8 Å². The minimum atomic E-state index is -0.446. The van der Waals surface area contributed by atoms with Crippen LogP contribution in [-0.4, -0.2) is 71.6 Å². The molecule has 1 aliphatic heterocycles. The van der Waals surface area contributed by atoms with E-state index in [2.05, 4.69) is 25.3 Å². The highest BCUT2D eigenvalue weighted by Gasteiger charge is 2.33. The summed E-state index contributed by atoms with van der Waals surface area (Å²) in [4.78, 5) is 37.8. The lowest BCUT2D eigenvalue weighted by Gasteiger charge is -2.38. The second kappa shape index (κ2) is 9.38. The number of morpholine rings is 1. The highest BCUT2D eigenvalue weighted by molar-refractivity contribution is 5.90. The monoisotopic (exact) mass is 452 g/mol. The van der Waals surface area contributed by atoms with Gasteiger partial charge in [0, 0.05) is 32.0 Å². The first-order valence-electron chi connectivity index (χ1n) is 11.5. The summed E-state index contributed by atoms with van der Waals surface area (Å²) in [7, 11) is 0. The number of aromatic nitrogens is 6. The third-order valence-electron chi connectivity index (χ3n) is 5.84. The number of hydrogen-bond acceptors (Lipinski definition) is 8. The number of fused-ring (bicyclic) bond motifs is 1. The molecular weight excluding hydrogens is 420 g/mol. The summed E-state index contributed by atoms with van der Waals surface area (Å²) < 4.78 is 7.81. The summed E-state index contributed by atoms with van der Waals surface area (Å²) in [5, 5.41) is 3.38. The second-order valence-electron chi connectivity index (χ2n) is 8.96. The summed E-state index contributed by atoms with van der Waals surface area (Å²) in [6, 6.07) is -0.446. The molecule has 1 fully saturated rings. The molecule has 0 saturated carbocycles. The maximum Gasteiger partial charge on any atom is 0.245 e. The van der Waals surface area contributed by atoms with Crippen LogP contribution in [0.1, 0.15) is 40.4 Å². The van der Waals surface area contributed by atoms with Crippen molar-refractivity contribution in [3.63, 3.8) is 0 Å². The van der Waals surface area contributed by atoms with Crippen molar-refractivity contribution in [2.24, 2.45) is 5.92 Å². The molecule has 4 rings (SSSR count). The van der Waals surface area contributed by atoms with E-state index in [9.17, 15) is 4.79 Å². The van der Waals surface area contributed by atoms with Gasteiger partial charge in [-0.1, -0.05) is 13.8 Å². The molecule has 176 valence electrons. The van der Waals surface area contributed by atoms with Crippen molar-refractivity contribution in [2.45, 2.75) is 66.3 Å². The fourth-order valence-electron chi connectivity index (χ4n) is 4.29. The van der Waals surface area contributed by atoms with E-state index in [1.165, 1.54) is 6.33 Å². The number of hydrogen-bond donors (Lipinski definition) is 1. The molecule has 0 aliphatic carbocycles. The van der Waals surface area contributed by atoms with Crippen LogP contribution in [0.5, 0.6) is 0 Å². The summed E-state index contributed by atoms with van der Waals surface area (Å²) in [5.74, 6) is 2.06. The van der Waals surface area contributed by atoms with Gasteiger partial charge in [0.25, 0.3) is 0 Å². The minimum Gasteiger partial charge on any atom is -0.372 e. The van der Waals surface area contributed by atoms with E-state index in [1.54, 1.807) is 12.4 Å². The normalized spacial score (nSPS) is 19.8. The summed E-state index contributed by atoms with van der Waals surface area (Å²) in [6.07, 6.45) is 5.05. The van der Waals surface area contributed by atoms with Crippen LogP contribution in [0.3, 0.4) is 0 Å². The van der Waals surface area contributed by atoms with Gasteiger partial charge in [-0.15, -0.1) is 0 Å². The van der Waals surface area contributed by atoms with Crippen LogP contribution < -0.4 is 5.32 Å². The molecule has 4 heterocycles. The van der Waals surface area contributed by atoms with Gasteiger partial charge in [-0.2, -0.15) is 0 Å². The van der Waals surface area contributed by atoms with Crippen molar-refractivity contribution in [3.8, 4) is 11.4 Å². The van der Waals surface area contributed by atoms with Gasteiger partial charge in [-0.25, -0.2) is 24.9 Å². The number of nitrogens with zero attached hydrogens (tertiary/aromatic N) is 7. The Morgan fingerprint density at radius 1 is 1.15 bits per heavy atom. The molecule has 10 heteroatoms. The van der Waals surface area contributed by atoms with Crippen LogP contribution in [0.2, 0.25) is 0 Å². The number of amides is 1. The van der Waals surface area contributed by atoms with Crippen LogP contribution in [0, 0.1) is 12.8 Å². The zero-order chi connectivity index (χ0) is 23.7. The average Bonchev–Trinajstić information content (AvgIpc) is 3.16. The Bertz CT molecular complexity index is 1120. The van der Waals surface area contributed by atoms with E-state index in [1.807, 2.05) is 51.0 Å². The fourth-order valence-corrected chi connectivity index (χ4v) is 4.29. The van der Waals surface area contributed by atoms with Gasteiger partial charge in [-0.3, -0.25) is 4.79 Å². The lowest BCUT2D eigenvalue weighted by molar-refractivity contribution is -0.144. The first-order valence-corrected chi connectivity index (χ1v) is 11.5. The highest BCUT2D eigenvalue weighted by atomic mass is 16.5. The molecule has 1 saturated heterocycles. The molecule has 1 aliphatic rings. The summed E-state index contributed by atoms with van der Waals surface area (Å²) in [5.41, 5.74) is 2.13. The summed E-state index contributed by atoms with van der Waals surface area (Å²) >= 11 is 0. The molecule has 33 heavy (non-hydrogen) atoms. The van der Waals surface area contributed by atoms with Crippen molar-refractivity contribution in [1.82, 2.24) is 34.4 Å². The number of rotatable bonds is 6. The van der Waals surface area contributed by atoms with Crippen LogP contribution >= 0.6 is 0 Å². The predicted molar refractivity (Wildman–Crippen MR) is 126 cm³/mol. The number of carbonyl (C=O) groups excluding carboxylic acids is 1. The van der Waals surface area contributed by atoms with E-state index in [0.717, 1.165) is 11.4 Å². The zero-order valence-corrected chi connectivity index (χ0v) is 20.1. The third kappa shape index (κ3) is 4.66. The van der Waals surface area contributed by atoms with Crippen LogP contribution in [-0.2, 0) is 16.1 Å². The molecule has 3 aromatic heterocycles. The van der Waals surface area contributed by atoms with Crippen LogP contribution in [0.4, 0.5) is 5.82 Å². The van der Waals surface area contributed by atoms with Crippen molar-refractivity contribution in [1.29, 1.82) is 0 Å². The van der Waals surface area contributed by atoms with Gasteiger partial charge in [0.2, 0.25) is 5.91 Å². The molecule has 0 aromatic carbocycles. The standard InChI is InChI=1S/C23H32N8O2/c1-7-31-21(17-8-24-16(6)25-9-17)29-19-20(26-12-27-22(19)31)28-18(13(2)3)23(32)30-10-14(4)33-15(5)11-30/h8-9,12-15,18H,7,10-11H2,1-6H3,(H,26,27,28)/t14-,15+,18-/m1/s1. The molecule has 10 nitrogen and oxygen atoms in total. The van der Waals surface area contributed by atoms with Crippen LogP contribution in [0.15, 0.2) is 18.7 Å².